The number of hydrogen-bond donors (Lipinski definition) is 1. The highest BCUT2D eigenvalue weighted by molar-refractivity contribution is 6.36. The van der Waals surface area contributed by atoms with E-state index in [0.717, 1.165) is 18.2 Å². The van der Waals surface area contributed by atoms with E-state index in [9.17, 15) is 18.0 Å². The van der Waals surface area contributed by atoms with Crippen molar-refractivity contribution >= 4 is 34.8 Å². The summed E-state index contributed by atoms with van der Waals surface area (Å²) in [7, 11) is 0. The molecule has 0 bridgehead atoms. The number of hydrogen-bond acceptors (Lipinski definition) is 2. The van der Waals surface area contributed by atoms with Crippen molar-refractivity contribution in [2.24, 2.45) is 0 Å². The van der Waals surface area contributed by atoms with Crippen LogP contribution in [0.4, 0.5) is 18.9 Å². The average Bonchev–Trinajstić information content (AvgIpc) is 2.50. The number of nitrogens with one attached hydrogen (secondary N) is 1. The van der Waals surface area contributed by atoms with Crippen molar-refractivity contribution in [3.05, 3.63) is 57.6 Å². The van der Waals surface area contributed by atoms with E-state index >= 15 is 0 Å². The third kappa shape index (κ3) is 4.33. The number of benzene rings is 2. The Bertz CT molecular complexity index is 763. The summed E-state index contributed by atoms with van der Waals surface area (Å²) in [6.07, 6.45) is -4.54. The van der Waals surface area contributed by atoms with Crippen LogP contribution in [-0.2, 0) is 6.18 Å². The van der Waals surface area contributed by atoms with Gasteiger partial charge >= 0.3 is 6.18 Å². The normalized spacial score (nSPS) is 11.2. The lowest BCUT2D eigenvalue weighted by Gasteiger charge is -2.15. The van der Waals surface area contributed by atoms with Crippen LogP contribution in [0.15, 0.2) is 36.4 Å². The fourth-order valence-electron chi connectivity index (χ4n) is 1.95. The number of alkyl halides is 3. The van der Waals surface area contributed by atoms with Gasteiger partial charge in [0.15, 0.2) is 0 Å². The van der Waals surface area contributed by atoms with Gasteiger partial charge in [0, 0.05) is 5.02 Å². The van der Waals surface area contributed by atoms with Crippen molar-refractivity contribution in [1.29, 1.82) is 0 Å². The molecule has 2 aromatic carbocycles. The molecule has 24 heavy (non-hydrogen) atoms. The lowest BCUT2D eigenvalue weighted by molar-refractivity contribution is -0.137. The van der Waals surface area contributed by atoms with Crippen molar-refractivity contribution in [2.45, 2.75) is 13.1 Å². The van der Waals surface area contributed by atoms with E-state index in [0.29, 0.717) is 0 Å². The molecule has 0 saturated heterocycles. The third-order valence-corrected chi connectivity index (χ3v) is 3.59. The maximum atomic E-state index is 12.9. The van der Waals surface area contributed by atoms with E-state index in [-0.39, 0.29) is 33.7 Å². The Labute approximate surface area is 146 Å². The molecule has 0 atom stereocenters. The van der Waals surface area contributed by atoms with Gasteiger partial charge in [0.2, 0.25) is 0 Å². The van der Waals surface area contributed by atoms with Crippen LogP contribution in [0.2, 0.25) is 10.0 Å². The van der Waals surface area contributed by atoms with Crippen LogP contribution in [0.5, 0.6) is 5.75 Å². The molecule has 128 valence electrons. The molecule has 3 nitrogen and oxygen atoms in total. The summed E-state index contributed by atoms with van der Waals surface area (Å²) in [5.74, 6) is -0.570. The van der Waals surface area contributed by atoms with Crippen molar-refractivity contribution in [2.75, 3.05) is 11.9 Å². The first-order chi connectivity index (χ1) is 11.2. The summed E-state index contributed by atoms with van der Waals surface area (Å²) >= 11 is 11.7. The fraction of sp³-hybridized carbons (Fsp3) is 0.188. The Hall–Kier alpha value is -1.92. The lowest BCUT2D eigenvalue weighted by Crippen LogP contribution is -2.15. The van der Waals surface area contributed by atoms with Gasteiger partial charge < -0.3 is 10.1 Å². The second-order valence-electron chi connectivity index (χ2n) is 4.72. The molecule has 0 saturated carbocycles. The van der Waals surface area contributed by atoms with Gasteiger partial charge in [0.1, 0.15) is 5.75 Å². The van der Waals surface area contributed by atoms with E-state index in [1.54, 1.807) is 6.92 Å². The zero-order chi connectivity index (χ0) is 17.9. The van der Waals surface area contributed by atoms with Crippen LogP contribution in [0.1, 0.15) is 22.8 Å². The fourth-order valence-corrected chi connectivity index (χ4v) is 2.32. The minimum absolute atomic E-state index is 0.0454. The van der Waals surface area contributed by atoms with Crippen molar-refractivity contribution in [3.63, 3.8) is 0 Å². The number of anilines is 1. The number of halogens is 5. The van der Waals surface area contributed by atoms with Crippen LogP contribution < -0.4 is 10.1 Å². The molecule has 1 amide bonds. The molecule has 0 radical (unpaired) electrons. The largest absolute Gasteiger partial charge is 0.492 e. The Morgan fingerprint density at radius 1 is 1.17 bits per heavy atom. The third-order valence-electron chi connectivity index (χ3n) is 3.03. The molecule has 1 N–H and O–H groups in total. The Kier molecular flexibility index (Phi) is 5.62. The van der Waals surface area contributed by atoms with Gasteiger partial charge in [-0.2, -0.15) is 13.2 Å². The van der Waals surface area contributed by atoms with Crippen LogP contribution in [0, 0.1) is 0 Å². The molecule has 0 heterocycles. The van der Waals surface area contributed by atoms with Gasteiger partial charge in [-0.3, -0.25) is 4.79 Å². The number of carbonyl (C=O) groups is 1. The number of carbonyl (C=O) groups excluding carboxylic acids is 1. The Balaban J connectivity index is 2.39. The molecule has 0 aliphatic carbocycles. The van der Waals surface area contributed by atoms with E-state index in [2.05, 4.69) is 5.32 Å². The first-order valence-electron chi connectivity index (χ1n) is 6.83. The SMILES string of the molecule is CCOc1ccc(C(F)(F)F)cc1NC(=O)c1cc(Cl)ccc1Cl. The molecule has 0 aromatic heterocycles. The monoisotopic (exact) mass is 377 g/mol. The van der Waals surface area contributed by atoms with Gasteiger partial charge in [0.05, 0.1) is 28.4 Å². The minimum atomic E-state index is -4.54. The Morgan fingerprint density at radius 2 is 1.88 bits per heavy atom. The predicted octanol–water partition coefficient (Wildman–Crippen LogP) is 5.66. The van der Waals surface area contributed by atoms with Gasteiger partial charge in [-0.25, -0.2) is 0 Å². The van der Waals surface area contributed by atoms with E-state index in [1.807, 2.05) is 0 Å². The van der Waals surface area contributed by atoms with Gasteiger partial charge in [-0.15, -0.1) is 0 Å². The molecule has 0 unspecified atom stereocenters. The topological polar surface area (TPSA) is 38.3 Å². The average molecular weight is 378 g/mol. The second kappa shape index (κ2) is 7.32. The van der Waals surface area contributed by atoms with Crippen molar-refractivity contribution < 1.29 is 22.7 Å². The molecule has 0 spiro atoms. The quantitative estimate of drug-likeness (QED) is 0.745. The molecule has 2 aromatic rings. The molecule has 0 aliphatic rings. The molecule has 2 rings (SSSR count). The maximum absolute atomic E-state index is 12.9. The van der Waals surface area contributed by atoms with Crippen LogP contribution in [-0.4, -0.2) is 12.5 Å². The molecular formula is C16H12Cl2F3NO2. The van der Waals surface area contributed by atoms with Crippen LogP contribution in [0.3, 0.4) is 0 Å². The minimum Gasteiger partial charge on any atom is -0.492 e. The Morgan fingerprint density at radius 3 is 2.50 bits per heavy atom. The van der Waals surface area contributed by atoms with Gasteiger partial charge in [-0.05, 0) is 43.3 Å². The number of rotatable bonds is 4. The zero-order valence-electron chi connectivity index (χ0n) is 12.4. The summed E-state index contributed by atoms with van der Waals surface area (Å²) in [4.78, 5) is 12.3. The standard InChI is InChI=1S/C16H12Cl2F3NO2/c1-2-24-14-6-3-9(16(19,20)21)7-13(14)22-15(23)11-8-10(17)4-5-12(11)18/h3-8H,2H2,1H3,(H,22,23). The molecular weight excluding hydrogens is 366 g/mol. The van der Waals surface area contributed by atoms with Crippen molar-refractivity contribution in [1.82, 2.24) is 0 Å². The highest BCUT2D eigenvalue weighted by Crippen LogP contribution is 2.35. The van der Waals surface area contributed by atoms with Crippen LogP contribution in [0.25, 0.3) is 0 Å². The lowest BCUT2D eigenvalue weighted by atomic mass is 10.1. The van der Waals surface area contributed by atoms with E-state index in [4.69, 9.17) is 27.9 Å². The predicted molar refractivity (Wildman–Crippen MR) is 87.0 cm³/mol. The molecule has 8 heteroatoms. The second-order valence-corrected chi connectivity index (χ2v) is 5.56. The summed E-state index contributed by atoms with van der Waals surface area (Å²) in [5.41, 5.74) is -0.963. The molecule has 0 aliphatic heterocycles. The summed E-state index contributed by atoms with van der Waals surface area (Å²) in [6.45, 7) is 1.91. The highest BCUT2D eigenvalue weighted by atomic mass is 35.5. The number of ether oxygens (including phenoxy) is 1. The zero-order valence-corrected chi connectivity index (χ0v) is 13.9. The summed E-state index contributed by atoms with van der Waals surface area (Å²) < 4.78 is 43.9. The maximum Gasteiger partial charge on any atom is 0.416 e. The smallest absolute Gasteiger partial charge is 0.416 e. The summed E-state index contributed by atoms with van der Waals surface area (Å²) in [6, 6.07) is 7.09. The van der Waals surface area contributed by atoms with E-state index < -0.39 is 17.6 Å². The van der Waals surface area contributed by atoms with Gasteiger partial charge in [0.25, 0.3) is 5.91 Å². The molecule has 0 fully saturated rings. The first kappa shape index (κ1) is 18.4. The first-order valence-corrected chi connectivity index (χ1v) is 7.58. The van der Waals surface area contributed by atoms with Gasteiger partial charge in [-0.1, -0.05) is 23.2 Å². The van der Waals surface area contributed by atoms with Crippen LogP contribution >= 0.6 is 23.2 Å². The van der Waals surface area contributed by atoms with E-state index in [1.165, 1.54) is 18.2 Å². The number of amides is 1. The van der Waals surface area contributed by atoms with Crippen molar-refractivity contribution in [3.8, 4) is 5.75 Å². The highest BCUT2D eigenvalue weighted by Gasteiger charge is 2.31. The summed E-state index contributed by atoms with van der Waals surface area (Å²) in [5, 5.41) is 2.79.